The average molecular weight is 295 g/mol. The van der Waals surface area contributed by atoms with Crippen molar-refractivity contribution in [1.29, 1.82) is 0 Å². The van der Waals surface area contributed by atoms with Gasteiger partial charge >= 0.3 is 0 Å². The Bertz CT molecular complexity index is 509. The van der Waals surface area contributed by atoms with Crippen LogP contribution in [0.25, 0.3) is 10.8 Å². The number of rotatable bonds is 4. The van der Waals surface area contributed by atoms with Gasteiger partial charge in [-0.2, -0.15) is 0 Å². The molecule has 0 aliphatic rings. The van der Waals surface area contributed by atoms with Crippen molar-refractivity contribution in [3.8, 4) is 5.75 Å². The lowest BCUT2D eigenvalue weighted by molar-refractivity contribution is 0.155. The third-order valence-corrected chi connectivity index (χ3v) is 3.44. The van der Waals surface area contributed by atoms with E-state index in [9.17, 15) is 5.11 Å². The molecule has 0 bridgehead atoms. The number of aliphatic hydroxyl groups excluding tert-OH is 1. The van der Waals surface area contributed by atoms with E-state index in [4.69, 9.17) is 4.74 Å². The van der Waals surface area contributed by atoms with Crippen LogP contribution in [-0.4, -0.2) is 17.8 Å². The first-order valence-electron chi connectivity index (χ1n) is 5.66. The van der Waals surface area contributed by atoms with Crippen molar-refractivity contribution in [3.63, 3.8) is 0 Å². The molecule has 0 saturated heterocycles. The maximum atomic E-state index is 9.18. The van der Waals surface area contributed by atoms with Gasteiger partial charge in [-0.05, 0) is 39.7 Å². The van der Waals surface area contributed by atoms with Crippen molar-refractivity contribution in [2.75, 3.05) is 6.61 Å². The van der Waals surface area contributed by atoms with E-state index in [0.29, 0.717) is 13.0 Å². The molecule has 0 heterocycles. The Morgan fingerprint density at radius 3 is 2.76 bits per heavy atom. The molecular weight excluding hydrogens is 280 g/mol. The summed E-state index contributed by atoms with van der Waals surface area (Å²) in [7, 11) is 0. The van der Waals surface area contributed by atoms with Crippen LogP contribution in [0.4, 0.5) is 0 Å². The molecule has 2 aromatic carbocycles. The number of hydrogen-bond acceptors (Lipinski definition) is 2. The Hall–Kier alpha value is -1.06. The number of aliphatic hydroxyl groups is 1. The summed E-state index contributed by atoms with van der Waals surface area (Å²) in [5.41, 5.74) is 0. The largest absolute Gasteiger partial charge is 0.492 e. The minimum Gasteiger partial charge on any atom is -0.492 e. The minimum absolute atomic E-state index is 0.325. The fraction of sp³-hybridized carbons (Fsp3) is 0.286. The average Bonchev–Trinajstić information content (AvgIpc) is 2.32. The Balaban J connectivity index is 2.21. The molecule has 90 valence electrons. The van der Waals surface area contributed by atoms with Gasteiger partial charge in [0.1, 0.15) is 5.75 Å². The van der Waals surface area contributed by atoms with Gasteiger partial charge in [-0.1, -0.05) is 30.3 Å². The Kier molecular flexibility index (Phi) is 4.02. The predicted molar refractivity (Wildman–Crippen MR) is 73.4 cm³/mol. The first kappa shape index (κ1) is 12.4. The van der Waals surface area contributed by atoms with Crippen molar-refractivity contribution < 1.29 is 9.84 Å². The quantitative estimate of drug-likeness (QED) is 0.930. The number of benzene rings is 2. The van der Waals surface area contributed by atoms with Crippen LogP contribution in [0.2, 0.25) is 0 Å². The molecular formula is C14H15BrO2. The number of fused-ring (bicyclic) bond motifs is 1. The molecule has 0 amide bonds. The molecule has 1 N–H and O–H groups in total. The standard InChI is InChI=1S/C14H15BrO2/c1-10(16)8-9-17-13-7-6-11-4-2-3-5-12(11)14(13)15/h2-7,10,16H,8-9H2,1H3. The monoisotopic (exact) mass is 294 g/mol. The molecule has 2 nitrogen and oxygen atoms in total. The maximum absolute atomic E-state index is 9.18. The molecule has 2 rings (SSSR count). The highest BCUT2D eigenvalue weighted by Gasteiger charge is 2.06. The van der Waals surface area contributed by atoms with Gasteiger partial charge in [0.05, 0.1) is 17.2 Å². The number of hydrogen-bond donors (Lipinski definition) is 1. The highest BCUT2D eigenvalue weighted by molar-refractivity contribution is 9.10. The van der Waals surface area contributed by atoms with E-state index in [0.717, 1.165) is 15.6 Å². The van der Waals surface area contributed by atoms with E-state index >= 15 is 0 Å². The minimum atomic E-state index is -0.325. The summed E-state index contributed by atoms with van der Waals surface area (Å²) in [5.74, 6) is 0.823. The van der Waals surface area contributed by atoms with Crippen molar-refractivity contribution in [3.05, 3.63) is 40.9 Å². The first-order chi connectivity index (χ1) is 8.18. The number of halogens is 1. The van der Waals surface area contributed by atoms with Crippen molar-refractivity contribution in [2.24, 2.45) is 0 Å². The highest BCUT2D eigenvalue weighted by Crippen LogP contribution is 2.33. The molecule has 0 radical (unpaired) electrons. The van der Waals surface area contributed by atoms with Crippen LogP contribution in [-0.2, 0) is 0 Å². The molecule has 1 atom stereocenters. The Morgan fingerprint density at radius 2 is 2.00 bits per heavy atom. The third kappa shape index (κ3) is 2.99. The highest BCUT2D eigenvalue weighted by atomic mass is 79.9. The van der Waals surface area contributed by atoms with Crippen molar-refractivity contribution >= 4 is 26.7 Å². The molecule has 1 unspecified atom stereocenters. The van der Waals surface area contributed by atoms with Crippen LogP contribution in [0.1, 0.15) is 13.3 Å². The fourth-order valence-corrected chi connectivity index (χ4v) is 2.27. The van der Waals surface area contributed by atoms with Crippen LogP contribution >= 0.6 is 15.9 Å². The zero-order chi connectivity index (χ0) is 12.3. The lowest BCUT2D eigenvalue weighted by Gasteiger charge is -2.11. The summed E-state index contributed by atoms with van der Waals surface area (Å²) in [4.78, 5) is 0. The molecule has 17 heavy (non-hydrogen) atoms. The summed E-state index contributed by atoms with van der Waals surface area (Å²) >= 11 is 3.56. The van der Waals surface area contributed by atoms with Gasteiger partial charge in [0.25, 0.3) is 0 Å². The third-order valence-electron chi connectivity index (χ3n) is 2.62. The normalized spacial score (nSPS) is 12.6. The van der Waals surface area contributed by atoms with Gasteiger partial charge < -0.3 is 9.84 Å². The Morgan fingerprint density at radius 1 is 1.24 bits per heavy atom. The fourth-order valence-electron chi connectivity index (χ4n) is 1.66. The van der Waals surface area contributed by atoms with E-state index in [1.54, 1.807) is 6.92 Å². The van der Waals surface area contributed by atoms with Crippen molar-refractivity contribution in [2.45, 2.75) is 19.4 Å². The second-order valence-electron chi connectivity index (χ2n) is 4.08. The topological polar surface area (TPSA) is 29.5 Å². The maximum Gasteiger partial charge on any atom is 0.134 e. The van der Waals surface area contributed by atoms with Crippen LogP contribution < -0.4 is 4.74 Å². The van der Waals surface area contributed by atoms with Gasteiger partial charge in [-0.25, -0.2) is 0 Å². The number of ether oxygens (including phenoxy) is 1. The second kappa shape index (κ2) is 5.52. The van der Waals surface area contributed by atoms with Gasteiger partial charge in [0.15, 0.2) is 0 Å². The van der Waals surface area contributed by atoms with Gasteiger partial charge in [0, 0.05) is 6.42 Å². The molecule has 0 fully saturated rings. The molecule has 0 aliphatic heterocycles. The zero-order valence-corrected chi connectivity index (χ0v) is 11.3. The smallest absolute Gasteiger partial charge is 0.134 e. The lowest BCUT2D eigenvalue weighted by atomic mass is 10.1. The van der Waals surface area contributed by atoms with Crippen LogP contribution in [0.3, 0.4) is 0 Å². The molecule has 0 aliphatic carbocycles. The van der Waals surface area contributed by atoms with Gasteiger partial charge in [-0.3, -0.25) is 0 Å². The van der Waals surface area contributed by atoms with E-state index in [1.807, 2.05) is 24.3 Å². The molecule has 2 aromatic rings. The van der Waals surface area contributed by atoms with E-state index in [-0.39, 0.29) is 6.10 Å². The summed E-state index contributed by atoms with van der Waals surface area (Å²) in [6, 6.07) is 12.1. The summed E-state index contributed by atoms with van der Waals surface area (Å²) in [5, 5.41) is 11.5. The van der Waals surface area contributed by atoms with Gasteiger partial charge in [0.2, 0.25) is 0 Å². The summed E-state index contributed by atoms with van der Waals surface area (Å²) < 4.78 is 6.62. The molecule has 0 saturated carbocycles. The zero-order valence-electron chi connectivity index (χ0n) is 9.69. The van der Waals surface area contributed by atoms with Crippen molar-refractivity contribution in [1.82, 2.24) is 0 Å². The molecule has 0 aromatic heterocycles. The summed E-state index contributed by atoms with van der Waals surface area (Å²) in [6.45, 7) is 2.29. The lowest BCUT2D eigenvalue weighted by Crippen LogP contribution is -2.07. The first-order valence-corrected chi connectivity index (χ1v) is 6.46. The molecule has 3 heteroatoms. The van der Waals surface area contributed by atoms with E-state index in [1.165, 1.54) is 5.39 Å². The van der Waals surface area contributed by atoms with Crippen LogP contribution in [0.15, 0.2) is 40.9 Å². The molecule has 0 spiro atoms. The summed E-state index contributed by atoms with van der Waals surface area (Å²) in [6.07, 6.45) is 0.313. The van der Waals surface area contributed by atoms with Gasteiger partial charge in [-0.15, -0.1) is 0 Å². The van der Waals surface area contributed by atoms with Crippen LogP contribution in [0, 0.1) is 0 Å². The van der Waals surface area contributed by atoms with E-state index < -0.39 is 0 Å². The van der Waals surface area contributed by atoms with E-state index in [2.05, 4.69) is 28.1 Å². The SMILES string of the molecule is CC(O)CCOc1ccc2ccccc2c1Br. The Labute approximate surface area is 109 Å². The second-order valence-corrected chi connectivity index (χ2v) is 4.88. The van der Waals surface area contributed by atoms with Crippen LogP contribution in [0.5, 0.6) is 5.75 Å². The predicted octanol–water partition coefficient (Wildman–Crippen LogP) is 3.75.